The first-order valence-corrected chi connectivity index (χ1v) is 8.46. The molecule has 130 valence electrons. The number of carbonyl (C=O) groups is 2. The number of hydrogen-bond acceptors (Lipinski definition) is 3. The molecule has 25 heavy (non-hydrogen) atoms. The van der Waals surface area contributed by atoms with Crippen molar-refractivity contribution < 1.29 is 14.3 Å². The van der Waals surface area contributed by atoms with Gasteiger partial charge in [0.15, 0.2) is 0 Å². The number of benzene rings is 2. The maximum absolute atomic E-state index is 12.7. The monoisotopic (exact) mass is 338 g/mol. The van der Waals surface area contributed by atoms with Crippen molar-refractivity contribution in [1.82, 2.24) is 4.90 Å². The Labute approximate surface area is 147 Å². The van der Waals surface area contributed by atoms with Gasteiger partial charge in [0.05, 0.1) is 0 Å². The van der Waals surface area contributed by atoms with Gasteiger partial charge in [-0.1, -0.05) is 30.3 Å². The molecule has 0 bridgehead atoms. The Kier molecular flexibility index (Phi) is 5.03. The van der Waals surface area contributed by atoms with Crippen molar-refractivity contribution in [3.8, 4) is 5.75 Å². The van der Waals surface area contributed by atoms with Crippen LogP contribution >= 0.6 is 0 Å². The standard InChI is InChI=1S/C20H22N2O3/c1-14-10-11-15(2)17(13-14)21-19(23)18-9-6-12-22(18)20(24)25-16-7-4-3-5-8-16/h3-5,7-8,10-11,13,18H,6,9,12H2,1-2H3,(H,21,23). The molecule has 2 aromatic rings. The second-order valence-electron chi connectivity index (χ2n) is 6.34. The van der Waals surface area contributed by atoms with Crippen LogP contribution in [0.25, 0.3) is 0 Å². The lowest BCUT2D eigenvalue weighted by Crippen LogP contribution is -2.44. The van der Waals surface area contributed by atoms with Crippen molar-refractivity contribution in [3.05, 3.63) is 59.7 Å². The minimum atomic E-state index is -0.504. The second-order valence-corrected chi connectivity index (χ2v) is 6.34. The third-order valence-electron chi connectivity index (χ3n) is 4.39. The van der Waals surface area contributed by atoms with E-state index in [1.165, 1.54) is 4.90 Å². The van der Waals surface area contributed by atoms with Gasteiger partial charge in [-0.2, -0.15) is 0 Å². The molecule has 5 nitrogen and oxygen atoms in total. The lowest BCUT2D eigenvalue weighted by atomic mass is 10.1. The predicted molar refractivity (Wildman–Crippen MR) is 96.7 cm³/mol. The molecule has 1 aliphatic heterocycles. The van der Waals surface area contributed by atoms with Crippen molar-refractivity contribution in [3.63, 3.8) is 0 Å². The Morgan fingerprint density at radius 3 is 2.64 bits per heavy atom. The number of nitrogens with zero attached hydrogens (tertiary/aromatic N) is 1. The number of hydrogen-bond donors (Lipinski definition) is 1. The molecule has 0 aliphatic carbocycles. The number of aryl methyl sites for hydroxylation is 2. The van der Waals surface area contributed by atoms with Gasteiger partial charge in [0.1, 0.15) is 11.8 Å². The van der Waals surface area contributed by atoms with Crippen LogP contribution in [0.2, 0.25) is 0 Å². The van der Waals surface area contributed by atoms with Crippen LogP contribution < -0.4 is 10.1 Å². The summed E-state index contributed by atoms with van der Waals surface area (Å²) < 4.78 is 5.38. The van der Waals surface area contributed by atoms with E-state index in [9.17, 15) is 9.59 Å². The van der Waals surface area contributed by atoms with Gasteiger partial charge in [0, 0.05) is 12.2 Å². The van der Waals surface area contributed by atoms with Gasteiger partial charge in [0.2, 0.25) is 5.91 Å². The lowest BCUT2D eigenvalue weighted by Gasteiger charge is -2.23. The van der Waals surface area contributed by atoms with Crippen LogP contribution in [-0.4, -0.2) is 29.5 Å². The highest BCUT2D eigenvalue weighted by Crippen LogP contribution is 2.23. The highest BCUT2D eigenvalue weighted by Gasteiger charge is 2.35. The Morgan fingerprint density at radius 1 is 1.12 bits per heavy atom. The Hall–Kier alpha value is -2.82. The van der Waals surface area contributed by atoms with Crippen LogP contribution in [0.4, 0.5) is 10.5 Å². The third kappa shape index (κ3) is 3.99. The number of anilines is 1. The molecule has 1 aliphatic rings. The summed E-state index contributed by atoms with van der Waals surface area (Å²) in [5, 5.41) is 2.95. The Bertz CT molecular complexity index is 774. The second kappa shape index (κ2) is 7.38. The summed E-state index contributed by atoms with van der Waals surface area (Å²) in [4.78, 5) is 26.6. The van der Waals surface area contributed by atoms with Crippen molar-refractivity contribution in [1.29, 1.82) is 0 Å². The van der Waals surface area contributed by atoms with Gasteiger partial charge < -0.3 is 10.1 Å². The lowest BCUT2D eigenvalue weighted by molar-refractivity contribution is -0.119. The zero-order chi connectivity index (χ0) is 17.8. The largest absolute Gasteiger partial charge is 0.415 e. The van der Waals surface area contributed by atoms with Crippen LogP contribution in [0, 0.1) is 13.8 Å². The fraction of sp³-hybridized carbons (Fsp3) is 0.300. The van der Waals surface area contributed by atoms with Gasteiger partial charge >= 0.3 is 6.09 Å². The van der Waals surface area contributed by atoms with E-state index in [1.54, 1.807) is 24.3 Å². The average Bonchev–Trinajstić information content (AvgIpc) is 3.09. The number of nitrogens with one attached hydrogen (secondary N) is 1. The molecule has 0 radical (unpaired) electrons. The molecule has 0 saturated carbocycles. The zero-order valence-electron chi connectivity index (χ0n) is 14.5. The SMILES string of the molecule is Cc1ccc(C)c(NC(=O)C2CCCN2C(=O)Oc2ccccc2)c1. The molecule has 1 fully saturated rings. The van der Waals surface area contributed by atoms with E-state index in [0.717, 1.165) is 23.2 Å². The number of amides is 2. The molecule has 0 aromatic heterocycles. The van der Waals surface area contributed by atoms with E-state index in [0.29, 0.717) is 18.7 Å². The van der Waals surface area contributed by atoms with Crippen LogP contribution in [0.5, 0.6) is 5.75 Å². The molecule has 2 amide bonds. The van der Waals surface area contributed by atoms with Crippen molar-refractivity contribution >= 4 is 17.7 Å². The summed E-state index contributed by atoms with van der Waals surface area (Å²) in [6, 6.07) is 14.3. The average molecular weight is 338 g/mol. The predicted octanol–water partition coefficient (Wildman–Crippen LogP) is 3.91. The molecule has 5 heteroatoms. The first kappa shape index (κ1) is 17.0. The number of carbonyl (C=O) groups excluding carboxylic acids is 2. The van der Waals surface area contributed by atoms with E-state index < -0.39 is 12.1 Å². The summed E-state index contributed by atoms with van der Waals surface area (Å²) in [5.41, 5.74) is 2.86. The molecule has 0 spiro atoms. The van der Waals surface area contributed by atoms with Crippen molar-refractivity contribution in [2.75, 3.05) is 11.9 Å². The number of para-hydroxylation sites is 1. The van der Waals surface area contributed by atoms with Gasteiger partial charge in [-0.3, -0.25) is 9.69 Å². The van der Waals surface area contributed by atoms with Gasteiger partial charge in [-0.05, 0) is 56.0 Å². The maximum Gasteiger partial charge on any atom is 0.415 e. The third-order valence-corrected chi connectivity index (χ3v) is 4.39. The molecule has 1 N–H and O–H groups in total. The van der Waals surface area contributed by atoms with E-state index in [4.69, 9.17) is 4.74 Å². The first-order chi connectivity index (χ1) is 12.0. The van der Waals surface area contributed by atoms with Gasteiger partial charge in [-0.15, -0.1) is 0 Å². The number of rotatable bonds is 3. The molecule has 1 unspecified atom stereocenters. The number of ether oxygens (including phenoxy) is 1. The summed E-state index contributed by atoms with van der Waals surface area (Å²) >= 11 is 0. The summed E-state index contributed by atoms with van der Waals surface area (Å²) in [7, 11) is 0. The van der Waals surface area contributed by atoms with Crippen molar-refractivity contribution in [2.45, 2.75) is 32.7 Å². The molecule has 1 saturated heterocycles. The maximum atomic E-state index is 12.7. The highest BCUT2D eigenvalue weighted by atomic mass is 16.6. The Morgan fingerprint density at radius 2 is 1.88 bits per heavy atom. The fourth-order valence-corrected chi connectivity index (χ4v) is 2.99. The van der Waals surface area contributed by atoms with Crippen LogP contribution in [-0.2, 0) is 4.79 Å². The smallest absolute Gasteiger partial charge is 0.410 e. The normalized spacial score (nSPS) is 16.6. The van der Waals surface area contributed by atoms with Crippen molar-refractivity contribution in [2.24, 2.45) is 0 Å². The zero-order valence-corrected chi connectivity index (χ0v) is 14.5. The quantitative estimate of drug-likeness (QED) is 0.923. The van der Waals surface area contributed by atoms with Crippen LogP contribution in [0.1, 0.15) is 24.0 Å². The van der Waals surface area contributed by atoms with E-state index in [2.05, 4.69) is 5.32 Å². The first-order valence-electron chi connectivity index (χ1n) is 8.46. The Balaban J connectivity index is 1.69. The fourth-order valence-electron chi connectivity index (χ4n) is 2.99. The van der Waals surface area contributed by atoms with Gasteiger partial charge in [0.25, 0.3) is 0 Å². The number of likely N-dealkylation sites (tertiary alicyclic amines) is 1. The minimum absolute atomic E-state index is 0.170. The van der Waals surface area contributed by atoms with Crippen LogP contribution in [0.15, 0.2) is 48.5 Å². The minimum Gasteiger partial charge on any atom is -0.410 e. The molecular formula is C20H22N2O3. The summed E-state index contributed by atoms with van der Waals surface area (Å²) in [5.74, 6) is 0.310. The molecular weight excluding hydrogens is 316 g/mol. The van der Waals surface area contributed by atoms with Gasteiger partial charge in [-0.25, -0.2) is 4.79 Å². The van der Waals surface area contributed by atoms with E-state index in [1.807, 2.05) is 38.1 Å². The molecule has 1 atom stereocenters. The van der Waals surface area contributed by atoms with E-state index in [-0.39, 0.29) is 5.91 Å². The highest BCUT2D eigenvalue weighted by molar-refractivity contribution is 5.97. The molecule has 2 aromatic carbocycles. The van der Waals surface area contributed by atoms with E-state index >= 15 is 0 Å². The molecule has 1 heterocycles. The molecule has 3 rings (SSSR count). The topological polar surface area (TPSA) is 58.6 Å². The summed E-state index contributed by atoms with van der Waals surface area (Å²) in [6.45, 7) is 4.45. The van der Waals surface area contributed by atoms with Crippen LogP contribution in [0.3, 0.4) is 0 Å². The summed E-state index contributed by atoms with van der Waals surface area (Å²) in [6.07, 6.45) is 0.944.